The molecule has 0 radical (unpaired) electrons. The highest BCUT2D eigenvalue weighted by Crippen LogP contribution is 2.52. The lowest BCUT2D eigenvalue weighted by Crippen LogP contribution is -2.12. The van der Waals surface area contributed by atoms with Crippen molar-refractivity contribution >= 4 is 88.4 Å². The zero-order valence-corrected chi connectivity index (χ0v) is 43.9. The van der Waals surface area contributed by atoms with Gasteiger partial charge in [-0.3, -0.25) is 0 Å². The van der Waals surface area contributed by atoms with E-state index in [-0.39, 0.29) is 5.75 Å². The number of nitrogens with zero attached hydrogens (tertiary/aromatic N) is 2. The smallest absolute Gasteiger partial charge is 0.159 e. The molecule has 0 fully saturated rings. The summed E-state index contributed by atoms with van der Waals surface area (Å²) in [5, 5.41) is 21.8. The minimum Gasteiger partial charge on any atom is -0.505 e. The fourth-order valence-electron chi connectivity index (χ4n) is 12.3. The molecule has 0 atom stereocenters. The number of aryl methyl sites for hydroxylation is 6. The van der Waals surface area contributed by atoms with Gasteiger partial charge in [0, 0.05) is 44.0 Å². The van der Waals surface area contributed by atoms with Gasteiger partial charge < -0.3 is 19.3 Å². The molecule has 76 heavy (non-hydrogen) atoms. The lowest BCUT2D eigenvalue weighted by molar-refractivity contribution is 0.478. The maximum Gasteiger partial charge on any atom is 0.159 e. The summed E-state index contributed by atoms with van der Waals surface area (Å²) < 4.78 is 7.24. The van der Waals surface area contributed by atoms with E-state index in [0.717, 1.165) is 118 Å². The summed E-state index contributed by atoms with van der Waals surface area (Å²) in [4.78, 5) is 4.68. The largest absolute Gasteiger partial charge is 0.505 e. The Morgan fingerprint density at radius 3 is 1.41 bits per heavy atom. The summed E-state index contributed by atoms with van der Waals surface area (Å²) >= 11 is 0. The molecule has 0 aliphatic heterocycles. The number of aromatic hydroxyl groups is 1. The van der Waals surface area contributed by atoms with Crippen molar-refractivity contribution in [3.8, 4) is 39.1 Å². The number of phenols is 1. The zero-order chi connectivity index (χ0) is 51.8. The molecule has 1 N–H and O–H groups in total. The number of rotatable bonds is 11. The Morgan fingerprint density at radius 1 is 0.355 bits per heavy atom. The van der Waals surface area contributed by atoms with Crippen LogP contribution in [-0.2, 0) is 12.8 Å². The fraction of sp³-hybridized carbons (Fsp3) is 0.111. The van der Waals surface area contributed by atoms with Crippen LogP contribution < -0.4 is 9.80 Å². The second kappa shape index (κ2) is 18.7. The van der Waals surface area contributed by atoms with Gasteiger partial charge in [-0.1, -0.05) is 172 Å². The van der Waals surface area contributed by atoms with Crippen molar-refractivity contribution in [2.75, 3.05) is 9.80 Å². The third-order valence-corrected chi connectivity index (χ3v) is 15.6. The van der Waals surface area contributed by atoms with Gasteiger partial charge in [-0.2, -0.15) is 0 Å². The highest BCUT2D eigenvalue weighted by Gasteiger charge is 2.27. The maximum absolute atomic E-state index is 12.8. The van der Waals surface area contributed by atoms with Crippen molar-refractivity contribution in [3.63, 3.8) is 0 Å². The molecule has 13 rings (SSSR count). The molecule has 1 aromatic heterocycles. The fourth-order valence-corrected chi connectivity index (χ4v) is 12.3. The Balaban J connectivity index is 1.03. The van der Waals surface area contributed by atoms with Crippen molar-refractivity contribution in [2.45, 2.75) is 54.4 Å². The molecule has 1 heterocycles. The lowest BCUT2D eigenvalue weighted by atomic mass is 9.91. The van der Waals surface area contributed by atoms with Crippen LogP contribution in [0.4, 0.5) is 34.1 Å². The van der Waals surface area contributed by atoms with E-state index in [1.807, 2.05) is 6.07 Å². The maximum atomic E-state index is 12.8. The Bertz CT molecular complexity index is 4370. The number of phenolic OH excluding ortho intramolecular Hbond substituents is 1. The van der Waals surface area contributed by atoms with Gasteiger partial charge >= 0.3 is 0 Å². The van der Waals surface area contributed by atoms with Crippen LogP contribution in [0.5, 0.6) is 5.75 Å². The quantitative estimate of drug-likeness (QED) is 0.131. The number of fused-ring (bicyclic) bond motifs is 3. The molecule has 368 valence electrons. The van der Waals surface area contributed by atoms with E-state index in [2.05, 4.69) is 258 Å². The number of benzene rings is 12. The van der Waals surface area contributed by atoms with Crippen molar-refractivity contribution in [1.82, 2.24) is 0 Å². The first-order chi connectivity index (χ1) is 37.1. The van der Waals surface area contributed by atoms with Crippen LogP contribution in [0, 0.1) is 27.7 Å². The minimum atomic E-state index is 0.223. The van der Waals surface area contributed by atoms with Crippen molar-refractivity contribution < 1.29 is 9.52 Å². The second-order valence-corrected chi connectivity index (χ2v) is 20.7. The van der Waals surface area contributed by atoms with E-state index < -0.39 is 0 Å². The molecule has 0 spiro atoms. The van der Waals surface area contributed by atoms with Crippen LogP contribution in [0.2, 0.25) is 0 Å². The van der Waals surface area contributed by atoms with Crippen molar-refractivity contribution in [2.24, 2.45) is 0 Å². The summed E-state index contributed by atoms with van der Waals surface area (Å²) in [6, 6.07) is 76.8. The Labute approximate surface area is 444 Å². The Morgan fingerprint density at radius 2 is 0.803 bits per heavy atom. The van der Waals surface area contributed by atoms with E-state index in [0.29, 0.717) is 5.69 Å². The van der Waals surface area contributed by atoms with Gasteiger partial charge in [0.1, 0.15) is 11.3 Å². The Kier molecular flexibility index (Phi) is 11.5. The normalized spacial score (nSPS) is 11.7. The van der Waals surface area contributed by atoms with Crippen molar-refractivity contribution in [3.05, 3.63) is 246 Å². The van der Waals surface area contributed by atoms with Crippen LogP contribution in [0.1, 0.15) is 47.2 Å². The van der Waals surface area contributed by atoms with E-state index >= 15 is 0 Å². The van der Waals surface area contributed by atoms with Crippen LogP contribution in [0.25, 0.3) is 87.6 Å². The molecule has 0 saturated carbocycles. The number of hydrogen-bond donors (Lipinski definition) is 1. The van der Waals surface area contributed by atoms with Gasteiger partial charge in [-0.15, -0.1) is 0 Å². The molecule has 0 unspecified atom stereocenters. The number of anilines is 6. The van der Waals surface area contributed by atoms with E-state index in [4.69, 9.17) is 4.42 Å². The molecule has 0 saturated heterocycles. The van der Waals surface area contributed by atoms with Gasteiger partial charge in [0.25, 0.3) is 0 Å². The summed E-state index contributed by atoms with van der Waals surface area (Å²) in [5.41, 5.74) is 21.1. The SMILES string of the molecule is CCc1ccccc1-c1cccc(-c2cccc(N(c3cc(C)cc(C)c3)c3ccc4ccc5c(N(c6cc(C)cc(C)c6)c6cccc7c6oc6c(-c8ccccc8CC)cccc67)ccc6ccc3c4c65)c2O)c1. The van der Waals surface area contributed by atoms with E-state index in [1.54, 1.807) is 0 Å². The molecule has 4 nitrogen and oxygen atoms in total. The summed E-state index contributed by atoms with van der Waals surface area (Å²) in [6.45, 7) is 13.1. The molecule has 0 amide bonds. The third kappa shape index (κ3) is 7.75. The Hall–Kier alpha value is -9.12. The van der Waals surface area contributed by atoms with Crippen molar-refractivity contribution in [1.29, 1.82) is 0 Å². The third-order valence-electron chi connectivity index (χ3n) is 15.6. The first-order valence-corrected chi connectivity index (χ1v) is 26.7. The molecule has 13 aromatic rings. The van der Waals surface area contributed by atoms with Gasteiger partial charge in [0.2, 0.25) is 0 Å². The average molecular weight is 983 g/mol. The highest BCUT2D eigenvalue weighted by molar-refractivity contribution is 6.28. The highest BCUT2D eigenvalue weighted by atomic mass is 16.3. The molecular formula is C72H58N2O2. The topological polar surface area (TPSA) is 39.9 Å². The molecule has 0 aliphatic carbocycles. The summed E-state index contributed by atoms with van der Waals surface area (Å²) in [7, 11) is 0. The number of furan rings is 1. The second-order valence-electron chi connectivity index (χ2n) is 20.7. The van der Waals surface area contributed by atoms with Crippen LogP contribution in [-0.4, -0.2) is 5.11 Å². The first-order valence-electron chi connectivity index (χ1n) is 26.7. The summed E-state index contributed by atoms with van der Waals surface area (Å²) in [6.07, 6.45) is 1.87. The molecular weight excluding hydrogens is 925 g/mol. The number of para-hydroxylation sites is 3. The van der Waals surface area contributed by atoms with Gasteiger partial charge in [0.15, 0.2) is 5.58 Å². The van der Waals surface area contributed by atoms with Gasteiger partial charge in [-0.25, -0.2) is 0 Å². The molecule has 0 aliphatic rings. The van der Waals surface area contributed by atoms with Crippen LogP contribution in [0.15, 0.2) is 217 Å². The van der Waals surface area contributed by atoms with Crippen LogP contribution in [0.3, 0.4) is 0 Å². The molecule has 4 heteroatoms. The van der Waals surface area contributed by atoms with Gasteiger partial charge in [0.05, 0.1) is 22.7 Å². The number of hydrogen-bond acceptors (Lipinski definition) is 4. The standard InChI is InChI=1S/C72H58N2O2/c1-7-48-17-9-11-21-56(48)52-19-13-20-53(43-52)58-23-15-27-66(70(58)75)73(54-39-44(3)37-45(4)40-54)64-35-31-50-30-34-63-65(36-32-51-29-33-62(64)68(50)69(51)63)74(55-41-46(5)38-47(6)42-55)67-28-16-26-61-60-25-14-24-59(71(60)76-72(61)67)57-22-12-10-18-49(57)8-2/h9-43,75H,7-8H2,1-6H3. The monoisotopic (exact) mass is 982 g/mol. The average Bonchev–Trinajstić information content (AvgIpc) is 3.92. The predicted octanol–water partition coefficient (Wildman–Crippen LogP) is 20.5. The van der Waals surface area contributed by atoms with E-state index in [9.17, 15) is 5.11 Å². The van der Waals surface area contributed by atoms with E-state index in [1.165, 1.54) is 44.2 Å². The molecule has 0 bridgehead atoms. The first kappa shape index (κ1) is 46.7. The van der Waals surface area contributed by atoms with Gasteiger partial charge in [-0.05, 0) is 172 Å². The molecule has 12 aromatic carbocycles. The zero-order valence-electron chi connectivity index (χ0n) is 43.9. The minimum absolute atomic E-state index is 0.223. The lowest BCUT2D eigenvalue weighted by Gasteiger charge is -2.30. The van der Waals surface area contributed by atoms with Crippen LogP contribution >= 0.6 is 0 Å². The summed E-state index contributed by atoms with van der Waals surface area (Å²) in [5.74, 6) is 0.223. The predicted molar refractivity (Wildman–Crippen MR) is 322 cm³/mol.